The van der Waals surface area contributed by atoms with E-state index < -0.39 is 0 Å². The van der Waals surface area contributed by atoms with Crippen LogP contribution in [0.3, 0.4) is 0 Å². The Morgan fingerprint density at radius 3 is 2.64 bits per heavy atom. The van der Waals surface area contributed by atoms with Crippen molar-refractivity contribution in [3.8, 4) is 17.0 Å². The van der Waals surface area contributed by atoms with Gasteiger partial charge in [0.15, 0.2) is 5.82 Å². The highest BCUT2D eigenvalue weighted by molar-refractivity contribution is 5.96. The van der Waals surface area contributed by atoms with E-state index in [0.717, 1.165) is 22.2 Å². The monoisotopic (exact) mass is 376 g/mol. The first-order valence-corrected chi connectivity index (χ1v) is 8.87. The molecule has 1 unspecified atom stereocenters. The molecule has 1 N–H and O–H groups in total. The number of ether oxygens (including phenoxy) is 1. The van der Waals surface area contributed by atoms with Crippen molar-refractivity contribution in [1.82, 2.24) is 25.1 Å². The highest BCUT2D eigenvalue weighted by Crippen LogP contribution is 2.34. The van der Waals surface area contributed by atoms with Crippen molar-refractivity contribution >= 4 is 16.7 Å². The van der Waals surface area contributed by atoms with Gasteiger partial charge < -0.3 is 14.6 Å². The first kappa shape index (κ1) is 17.8. The third kappa shape index (κ3) is 3.36. The third-order valence-corrected chi connectivity index (χ3v) is 4.41. The predicted octanol–water partition coefficient (Wildman–Crippen LogP) is 3.87. The van der Waals surface area contributed by atoms with Crippen LogP contribution in [-0.4, -0.2) is 32.2 Å². The fourth-order valence-electron chi connectivity index (χ4n) is 2.95. The third-order valence-electron chi connectivity index (χ3n) is 4.41. The Balaban J connectivity index is 1.80. The Hall–Kier alpha value is -3.55. The topological polar surface area (TPSA) is 98.8 Å². The molecule has 0 aliphatic heterocycles. The maximum Gasteiger partial charge on any atom is 0.223 e. The molecule has 0 aliphatic rings. The van der Waals surface area contributed by atoms with Gasteiger partial charge in [0.05, 0.1) is 18.8 Å². The van der Waals surface area contributed by atoms with E-state index in [1.54, 1.807) is 14.0 Å². The normalized spacial score (nSPS) is 12.1. The molecule has 4 rings (SSSR count). The van der Waals surface area contributed by atoms with Crippen molar-refractivity contribution in [2.24, 2.45) is 0 Å². The zero-order valence-corrected chi connectivity index (χ0v) is 16.1. The number of hydrogen-bond acceptors (Lipinski definition) is 8. The Bertz CT molecular complexity index is 1120. The Kier molecular flexibility index (Phi) is 4.60. The molecule has 0 spiro atoms. The van der Waals surface area contributed by atoms with Crippen LogP contribution >= 0.6 is 0 Å². The second-order valence-electron chi connectivity index (χ2n) is 6.56. The summed E-state index contributed by atoms with van der Waals surface area (Å²) in [5.74, 6) is 2.40. The SMILES string of the molecule is COc1cc(-c2ccc(C)cn2)cc2c(NC(C)c3noc(C)n3)ncnc12. The lowest BCUT2D eigenvalue weighted by Crippen LogP contribution is -2.10. The molecule has 1 atom stereocenters. The van der Waals surface area contributed by atoms with Crippen molar-refractivity contribution in [2.45, 2.75) is 26.8 Å². The minimum atomic E-state index is -0.192. The van der Waals surface area contributed by atoms with E-state index in [9.17, 15) is 0 Å². The quantitative estimate of drug-likeness (QED) is 0.560. The lowest BCUT2D eigenvalue weighted by molar-refractivity contribution is 0.385. The number of aromatic nitrogens is 5. The smallest absolute Gasteiger partial charge is 0.223 e. The second kappa shape index (κ2) is 7.22. The summed E-state index contributed by atoms with van der Waals surface area (Å²) in [7, 11) is 1.63. The van der Waals surface area contributed by atoms with E-state index in [0.29, 0.717) is 28.8 Å². The fourth-order valence-corrected chi connectivity index (χ4v) is 2.95. The molecule has 0 aliphatic carbocycles. The van der Waals surface area contributed by atoms with Crippen molar-refractivity contribution < 1.29 is 9.26 Å². The number of fused-ring (bicyclic) bond motifs is 1. The number of nitrogens with zero attached hydrogens (tertiary/aromatic N) is 5. The molecule has 3 heterocycles. The van der Waals surface area contributed by atoms with E-state index >= 15 is 0 Å². The van der Waals surface area contributed by atoms with Crippen molar-refractivity contribution in [1.29, 1.82) is 0 Å². The van der Waals surface area contributed by atoms with Crippen molar-refractivity contribution in [3.63, 3.8) is 0 Å². The molecule has 0 saturated heterocycles. The van der Waals surface area contributed by atoms with Crippen LogP contribution in [0.2, 0.25) is 0 Å². The maximum absolute atomic E-state index is 5.58. The molecule has 8 nitrogen and oxygen atoms in total. The van der Waals surface area contributed by atoms with Crippen LogP contribution in [0.5, 0.6) is 5.75 Å². The van der Waals surface area contributed by atoms with Crippen LogP contribution in [0.4, 0.5) is 5.82 Å². The van der Waals surface area contributed by atoms with E-state index in [-0.39, 0.29) is 6.04 Å². The van der Waals surface area contributed by atoms with Gasteiger partial charge in [-0.2, -0.15) is 4.98 Å². The first-order chi connectivity index (χ1) is 13.5. The van der Waals surface area contributed by atoms with Gasteiger partial charge in [-0.05, 0) is 37.6 Å². The standard InChI is InChI=1S/C20H20N6O2/c1-11-5-6-16(21-9-11)14-7-15-18(17(8-14)27-4)22-10-23-20(15)24-12(2)19-25-13(3)28-26-19/h5-10,12H,1-4H3,(H,22,23,24). The summed E-state index contributed by atoms with van der Waals surface area (Å²) < 4.78 is 10.6. The molecule has 1 aromatic carbocycles. The molecule has 0 amide bonds. The van der Waals surface area contributed by atoms with Gasteiger partial charge >= 0.3 is 0 Å². The Morgan fingerprint density at radius 1 is 1.11 bits per heavy atom. The number of hydrogen-bond donors (Lipinski definition) is 1. The molecule has 0 saturated carbocycles. The number of nitrogens with one attached hydrogen (secondary N) is 1. The molecule has 3 aromatic heterocycles. The van der Waals surface area contributed by atoms with E-state index in [1.807, 2.05) is 44.3 Å². The molecule has 4 aromatic rings. The highest BCUT2D eigenvalue weighted by Gasteiger charge is 2.17. The summed E-state index contributed by atoms with van der Waals surface area (Å²) in [6, 6.07) is 7.76. The zero-order chi connectivity index (χ0) is 19.7. The summed E-state index contributed by atoms with van der Waals surface area (Å²) in [6.45, 7) is 5.71. The Morgan fingerprint density at radius 2 is 1.96 bits per heavy atom. The van der Waals surface area contributed by atoms with Crippen LogP contribution in [0.15, 0.2) is 41.3 Å². The van der Waals surface area contributed by atoms with Crippen LogP contribution in [-0.2, 0) is 0 Å². The van der Waals surface area contributed by atoms with Gasteiger partial charge in [0.25, 0.3) is 0 Å². The molecule has 8 heteroatoms. The van der Waals surface area contributed by atoms with E-state index in [2.05, 4.69) is 30.4 Å². The minimum absolute atomic E-state index is 0.192. The molecule has 0 radical (unpaired) electrons. The zero-order valence-electron chi connectivity index (χ0n) is 16.1. The molecular formula is C20H20N6O2. The van der Waals surface area contributed by atoms with Crippen LogP contribution in [0.25, 0.3) is 22.2 Å². The van der Waals surface area contributed by atoms with Gasteiger partial charge in [-0.1, -0.05) is 11.2 Å². The minimum Gasteiger partial charge on any atom is -0.494 e. The lowest BCUT2D eigenvalue weighted by Gasteiger charge is -2.15. The predicted molar refractivity (Wildman–Crippen MR) is 105 cm³/mol. The van der Waals surface area contributed by atoms with Crippen LogP contribution in [0, 0.1) is 13.8 Å². The number of benzene rings is 1. The molecule has 28 heavy (non-hydrogen) atoms. The Labute approximate surface area is 162 Å². The summed E-state index contributed by atoms with van der Waals surface area (Å²) in [5, 5.41) is 8.14. The van der Waals surface area contributed by atoms with Gasteiger partial charge in [0, 0.05) is 24.1 Å². The second-order valence-corrected chi connectivity index (χ2v) is 6.56. The fraction of sp³-hybridized carbons (Fsp3) is 0.250. The van der Waals surface area contributed by atoms with E-state index in [4.69, 9.17) is 9.26 Å². The first-order valence-electron chi connectivity index (χ1n) is 8.87. The van der Waals surface area contributed by atoms with Gasteiger partial charge in [-0.25, -0.2) is 9.97 Å². The molecule has 0 fully saturated rings. The number of rotatable bonds is 5. The largest absolute Gasteiger partial charge is 0.494 e. The molecule has 0 bridgehead atoms. The van der Waals surface area contributed by atoms with Crippen molar-refractivity contribution in [2.75, 3.05) is 12.4 Å². The maximum atomic E-state index is 5.58. The van der Waals surface area contributed by atoms with E-state index in [1.165, 1.54) is 6.33 Å². The summed E-state index contributed by atoms with van der Waals surface area (Å²) in [6.07, 6.45) is 3.35. The highest BCUT2D eigenvalue weighted by atomic mass is 16.5. The summed E-state index contributed by atoms with van der Waals surface area (Å²) >= 11 is 0. The number of anilines is 1. The van der Waals surface area contributed by atoms with Gasteiger partial charge in [0.2, 0.25) is 5.89 Å². The average molecular weight is 376 g/mol. The van der Waals surface area contributed by atoms with Gasteiger partial charge in [-0.3, -0.25) is 4.98 Å². The number of methoxy groups -OCH3 is 1. The van der Waals surface area contributed by atoms with Gasteiger partial charge in [-0.15, -0.1) is 0 Å². The molecule has 142 valence electrons. The number of aryl methyl sites for hydroxylation is 2. The lowest BCUT2D eigenvalue weighted by atomic mass is 10.1. The van der Waals surface area contributed by atoms with Crippen LogP contribution in [0.1, 0.15) is 30.2 Å². The average Bonchev–Trinajstić information content (AvgIpc) is 3.14. The molecular weight excluding hydrogens is 356 g/mol. The van der Waals surface area contributed by atoms with Crippen LogP contribution < -0.4 is 10.1 Å². The summed E-state index contributed by atoms with van der Waals surface area (Å²) in [5.41, 5.74) is 3.59. The number of pyridine rings is 1. The van der Waals surface area contributed by atoms with Crippen molar-refractivity contribution in [3.05, 3.63) is 54.1 Å². The summed E-state index contributed by atoms with van der Waals surface area (Å²) in [4.78, 5) is 17.6. The van der Waals surface area contributed by atoms with Gasteiger partial charge in [0.1, 0.15) is 23.4 Å².